The number of nitrogens with one attached hydrogen (secondary N) is 2. The number of amides is 2. The second kappa shape index (κ2) is 14.3. The first-order valence-electron chi connectivity index (χ1n) is 12.7. The van der Waals surface area contributed by atoms with Crippen molar-refractivity contribution in [2.45, 2.75) is 38.1 Å². The lowest BCUT2D eigenvalue weighted by atomic mass is 9.94. The topological polar surface area (TPSA) is 133 Å². The normalized spacial score (nSPS) is 12.1. The Morgan fingerprint density at radius 3 is 2.05 bits per heavy atom. The fourth-order valence-corrected chi connectivity index (χ4v) is 4.20. The van der Waals surface area contributed by atoms with E-state index in [1.165, 1.54) is 30.3 Å². The standard InChI is InChI=1S/C31H32N2O6/c1-2-7-27(30(37)32-26-18-16-24(17-19-26)31(38)39)33-29(36)25(20-28(34)35)11-6-8-21-12-14-23(15-13-21)22-9-4-3-5-10-22/h2-5,9-10,12-19,25,27H,1,6-8,11,20H2,(H,32,37)(H,33,36)(H,34,35)(H,38,39). The van der Waals surface area contributed by atoms with Gasteiger partial charge >= 0.3 is 11.9 Å². The van der Waals surface area contributed by atoms with Crippen LogP contribution in [0.3, 0.4) is 0 Å². The number of anilines is 1. The van der Waals surface area contributed by atoms with Gasteiger partial charge in [-0.3, -0.25) is 14.4 Å². The molecule has 8 heteroatoms. The highest BCUT2D eigenvalue weighted by Gasteiger charge is 2.26. The summed E-state index contributed by atoms with van der Waals surface area (Å²) in [6.07, 6.45) is 2.91. The van der Waals surface area contributed by atoms with Gasteiger partial charge in [0.05, 0.1) is 12.0 Å². The molecule has 0 heterocycles. The minimum Gasteiger partial charge on any atom is -0.481 e. The maximum absolute atomic E-state index is 13.0. The molecule has 0 spiro atoms. The summed E-state index contributed by atoms with van der Waals surface area (Å²) in [4.78, 5) is 48.3. The summed E-state index contributed by atoms with van der Waals surface area (Å²) in [5.74, 6) is -4.01. The third-order valence-electron chi connectivity index (χ3n) is 6.31. The first-order valence-corrected chi connectivity index (χ1v) is 12.7. The van der Waals surface area contributed by atoms with Crippen LogP contribution in [0, 0.1) is 5.92 Å². The largest absolute Gasteiger partial charge is 0.481 e. The van der Waals surface area contributed by atoms with E-state index in [2.05, 4.69) is 17.2 Å². The number of aliphatic carboxylic acids is 1. The van der Waals surface area contributed by atoms with E-state index >= 15 is 0 Å². The number of aromatic carboxylic acids is 1. The summed E-state index contributed by atoms with van der Waals surface area (Å²) in [7, 11) is 0. The van der Waals surface area contributed by atoms with Gasteiger partial charge in [-0.25, -0.2) is 4.79 Å². The van der Waals surface area contributed by atoms with Crippen molar-refractivity contribution in [1.29, 1.82) is 0 Å². The zero-order valence-electron chi connectivity index (χ0n) is 21.5. The molecule has 0 aliphatic heterocycles. The van der Waals surface area contributed by atoms with Gasteiger partial charge in [0.25, 0.3) is 0 Å². The fourth-order valence-electron chi connectivity index (χ4n) is 4.20. The van der Waals surface area contributed by atoms with Gasteiger partial charge < -0.3 is 20.8 Å². The lowest BCUT2D eigenvalue weighted by Crippen LogP contribution is -2.46. The Morgan fingerprint density at radius 1 is 0.821 bits per heavy atom. The number of hydrogen-bond acceptors (Lipinski definition) is 4. The van der Waals surface area contributed by atoms with Crippen molar-refractivity contribution in [2.75, 3.05) is 5.32 Å². The Labute approximate surface area is 227 Å². The van der Waals surface area contributed by atoms with Crippen molar-refractivity contribution in [2.24, 2.45) is 5.92 Å². The predicted octanol–water partition coefficient (Wildman–Crippen LogP) is 5.17. The summed E-state index contributed by atoms with van der Waals surface area (Å²) >= 11 is 0. The molecule has 2 atom stereocenters. The molecule has 0 aliphatic rings. The molecule has 0 aromatic heterocycles. The van der Waals surface area contributed by atoms with E-state index in [-0.39, 0.29) is 18.4 Å². The molecule has 0 radical (unpaired) electrons. The van der Waals surface area contributed by atoms with Crippen molar-refractivity contribution >= 4 is 29.4 Å². The van der Waals surface area contributed by atoms with Crippen LogP contribution in [0.4, 0.5) is 5.69 Å². The number of benzene rings is 3. The van der Waals surface area contributed by atoms with Gasteiger partial charge in [-0.1, -0.05) is 60.7 Å². The second-order valence-electron chi connectivity index (χ2n) is 9.21. The SMILES string of the molecule is C=CCC(NC(=O)C(CCCc1ccc(-c2ccccc2)cc1)CC(=O)O)C(=O)Nc1ccc(C(=O)O)cc1. The van der Waals surface area contributed by atoms with Gasteiger partial charge in [-0.15, -0.1) is 6.58 Å². The van der Waals surface area contributed by atoms with Crippen LogP contribution >= 0.6 is 0 Å². The Kier molecular flexibility index (Phi) is 10.6. The zero-order valence-corrected chi connectivity index (χ0v) is 21.5. The summed E-state index contributed by atoms with van der Waals surface area (Å²) in [6.45, 7) is 3.64. The Morgan fingerprint density at radius 2 is 1.46 bits per heavy atom. The van der Waals surface area contributed by atoms with Crippen molar-refractivity contribution in [3.05, 3.63) is 103 Å². The summed E-state index contributed by atoms with van der Waals surface area (Å²) in [5, 5.41) is 23.7. The summed E-state index contributed by atoms with van der Waals surface area (Å²) in [6, 6.07) is 22.8. The molecule has 39 heavy (non-hydrogen) atoms. The maximum atomic E-state index is 13.0. The van der Waals surface area contributed by atoms with Crippen LogP contribution in [0.15, 0.2) is 91.5 Å². The number of aryl methyl sites for hydroxylation is 1. The molecule has 3 aromatic rings. The third-order valence-corrected chi connectivity index (χ3v) is 6.31. The molecule has 3 aromatic carbocycles. The molecule has 0 saturated carbocycles. The van der Waals surface area contributed by atoms with Crippen molar-refractivity contribution in [1.82, 2.24) is 5.32 Å². The molecule has 4 N–H and O–H groups in total. The molecular formula is C31H32N2O6. The Bertz CT molecular complexity index is 1290. The van der Waals surface area contributed by atoms with Crippen LogP contribution in [-0.4, -0.2) is 40.0 Å². The number of carboxylic acid groups (broad SMARTS) is 2. The van der Waals surface area contributed by atoms with Crippen LogP contribution in [0.25, 0.3) is 11.1 Å². The Hall–Kier alpha value is -4.72. The second-order valence-corrected chi connectivity index (χ2v) is 9.21. The van der Waals surface area contributed by atoms with E-state index in [0.29, 0.717) is 24.9 Å². The lowest BCUT2D eigenvalue weighted by molar-refractivity contribution is -0.141. The van der Waals surface area contributed by atoms with Crippen molar-refractivity contribution < 1.29 is 29.4 Å². The van der Waals surface area contributed by atoms with Gasteiger partial charge in [0, 0.05) is 11.6 Å². The maximum Gasteiger partial charge on any atom is 0.335 e. The highest BCUT2D eigenvalue weighted by molar-refractivity contribution is 5.98. The first-order chi connectivity index (χ1) is 18.8. The highest BCUT2D eigenvalue weighted by Crippen LogP contribution is 2.21. The molecule has 0 fully saturated rings. The van der Waals surface area contributed by atoms with Gasteiger partial charge in [0.15, 0.2) is 0 Å². The molecule has 8 nitrogen and oxygen atoms in total. The Balaban J connectivity index is 1.58. The van der Waals surface area contributed by atoms with E-state index < -0.39 is 35.7 Å². The fraction of sp³-hybridized carbons (Fsp3) is 0.226. The van der Waals surface area contributed by atoms with Crippen LogP contribution < -0.4 is 10.6 Å². The lowest BCUT2D eigenvalue weighted by Gasteiger charge is -2.21. The first kappa shape index (κ1) is 28.8. The zero-order chi connectivity index (χ0) is 28.2. The number of carbonyl (C=O) groups excluding carboxylic acids is 2. The van der Waals surface area contributed by atoms with Crippen LogP contribution in [0.2, 0.25) is 0 Å². The molecule has 2 unspecified atom stereocenters. The molecule has 0 bridgehead atoms. The van der Waals surface area contributed by atoms with E-state index in [1.54, 1.807) is 0 Å². The predicted molar refractivity (Wildman–Crippen MR) is 149 cm³/mol. The molecular weight excluding hydrogens is 496 g/mol. The van der Waals surface area contributed by atoms with Gasteiger partial charge in [-0.2, -0.15) is 0 Å². The van der Waals surface area contributed by atoms with E-state index in [4.69, 9.17) is 5.11 Å². The highest BCUT2D eigenvalue weighted by atomic mass is 16.4. The van der Waals surface area contributed by atoms with E-state index in [0.717, 1.165) is 16.7 Å². The van der Waals surface area contributed by atoms with E-state index in [9.17, 15) is 24.3 Å². The molecule has 0 saturated heterocycles. The van der Waals surface area contributed by atoms with Crippen molar-refractivity contribution in [3.8, 4) is 11.1 Å². The monoisotopic (exact) mass is 528 g/mol. The molecule has 0 aliphatic carbocycles. The number of rotatable bonds is 14. The van der Waals surface area contributed by atoms with Gasteiger partial charge in [-0.05, 0) is 66.6 Å². The summed E-state index contributed by atoms with van der Waals surface area (Å²) in [5.41, 5.74) is 3.76. The summed E-state index contributed by atoms with van der Waals surface area (Å²) < 4.78 is 0. The average molecular weight is 529 g/mol. The molecule has 2 amide bonds. The van der Waals surface area contributed by atoms with Crippen LogP contribution in [0.5, 0.6) is 0 Å². The molecule has 202 valence electrons. The number of hydrogen-bond donors (Lipinski definition) is 4. The third kappa shape index (κ3) is 8.96. The average Bonchev–Trinajstić information content (AvgIpc) is 2.93. The quantitative estimate of drug-likeness (QED) is 0.214. The van der Waals surface area contributed by atoms with E-state index in [1.807, 2.05) is 54.6 Å². The van der Waals surface area contributed by atoms with Crippen LogP contribution in [0.1, 0.15) is 41.6 Å². The molecule has 3 rings (SSSR count). The smallest absolute Gasteiger partial charge is 0.335 e. The number of carbonyl (C=O) groups is 4. The minimum atomic E-state index is -1.09. The van der Waals surface area contributed by atoms with Crippen molar-refractivity contribution in [3.63, 3.8) is 0 Å². The number of carboxylic acids is 2. The van der Waals surface area contributed by atoms with Gasteiger partial charge in [0.1, 0.15) is 6.04 Å². The van der Waals surface area contributed by atoms with Gasteiger partial charge in [0.2, 0.25) is 11.8 Å². The minimum absolute atomic E-state index is 0.0765. The van der Waals surface area contributed by atoms with Crippen LogP contribution in [-0.2, 0) is 20.8 Å².